The van der Waals surface area contributed by atoms with Gasteiger partial charge in [-0.05, 0) is 55.0 Å². The number of hydrogen-bond acceptors (Lipinski definition) is 3. The molecular formula is C17H21Cl3N2O. The Bertz CT molecular complexity index is 599. The number of nitrogens with zero attached hydrogens (tertiary/aromatic N) is 1. The van der Waals surface area contributed by atoms with E-state index < -0.39 is 0 Å². The van der Waals surface area contributed by atoms with Crippen LogP contribution in [0.5, 0.6) is 5.75 Å². The summed E-state index contributed by atoms with van der Waals surface area (Å²) in [6, 6.07) is 13.4. The second-order valence-electron chi connectivity index (χ2n) is 5.04. The summed E-state index contributed by atoms with van der Waals surface area (Å²) in [6.45, 7) is 3.51. The monoisotopic (exact) mass is 374 g/mol. The lowest BCUT2D eigenvalue weighted by Crippen LogP contribution is -2.27. The first-order chi connectivity index (χ1) is 10.6. The van der Waals surface area contributed by atoms with Gasteiger partial charge in [0.05, 0.1) is 0 Å². The lowest BCUT2D eigenvalue weighted by atomic mass is 10.1. The van der Waals surface area contributed by atoms with E-state index >= 15 is 0 Å². The summed E-state index contributed by atoms with van der Waals surface area (Å²) >= 11 is 11.7. The van der Waals surface area contributed by atoms with Crippen LogP contribution in [0.15, 0.2) is 42.5 Å². The van der Waals surface area contributed by atoms with Gasteiger partial charge in [0, 0.05) is 41.9 Å². The highest BCUT2D eigenvalue weighted by Crippen LogP contribution is 2.25. The zero-order chi connectivity index (χ0) is 15.9. The van der Waals surface area contributed by atoms with Crippen molar-refractivity contribution in [3.05, 3.63) is 48.0 Å². The number of hydrogen-bond donors (Lipinski definition) is 2. The first-order valence-electron chi connectivity index (χ1n) is 7.17. The number of halogens is 3. The van der Waals surface area contributed by atoms with Crippen molar-refractivity contribution in [2.24, 2.45) is 0 Å². The van der Waals surface area contributed by atoms with E-state index in [4.69, 9.17) is 23.2 Å². The van der Waals surface area contributed by atoms with Crippen LogP contribution in [0.4, 0.5) is 17.1 Å². The van der Waals surface area contributed by atoms with Gasteiger partial charge in [-0.2, -0.15) is 0 Å². The molecule has 0 saturated heterocycles. The Morgan fingerprint density at radius 1 is 1.00 bits per heavy atom. The number of phenolic OH excluding ortho intramolecular Hbond substituents is 1. The molecule has 0 amide bonds. The number of alkyl halides is 2. The van der Waals surface area contributed by atoms with Crippen LogP contribution in [0.25, 0.3) is 0 Å². The van der Waals surface area contributed by atoms with Gasteiger partial charge < -0.3 is 15.3 Å². The van der Waals surface area contributed by atoms with Gasteiger partial charge in [-0.3, -0.25) is 0 Å². The van der Waals surface area contributed by atoms with Crippen molar-refractivity contribution >= 4 is 52.7 Å². The van der Waals surface area contributed by atoms with Crippen molar-refractivity contribution in [1.29, 1.82) is 0 Å². The molecule has 0 aliphatic rings. The molecule has 0 heterocycles. The minimum atomic E-state index is 0. The Morgan fingerprint density at radius 3 is 2.13 bits per heavy atom. The van der Waals surface area contributed by atoms with E-state index in [1.54, 1.807) is 12.1 Å². The molecule has 0 fully saturated rings. The first-order valence-corrected chi connectivity index (χ1v) is 8.24. The lowest BCUT2D eigenvalue weighted by Gasteiger charge is -2.23. The zero-order valence-corrected chi connectivity index (χ0v) is 15.3. The Hall–Kier alpha value is -1.29. The predicted octanol–water partition coefficient (Wildman–Crippen LogP) is 5.15. The lowest BCUT2D eigenvalue weighted by molar-refractivity contribution is 0.475. The van der Waals surface area contributed by atoms with Gasteiger partial charge in [0.15, 0.2) is 0 Å². The largest absolute Gasteiger partial charge is 0.508 e. The maximum atomic E-state index is 9.45. The number of phenols is 1. The fraction of sp³-hybridized carbons (Fsp3) is 0.294. The topological polar surface area (TPSA) is 35.5 Å². The van der Waals surface area contributed by atoms with Crippen LogP contribution in [-0.2, 0) is 0 Å². The van der Waals surface area contributed by atoms with Crippen LogP contribution < -0.4 is 10.2 Å². The molecule has 0 aliphatic heterocycles. The summed E-state index contributed by atoms with van der Waals surface area (Å²) in [7, 11) is 0. The van der Waals surface area contributed by atoms with Crippen LogP contribution in [0.1, 0.15) is 5.56 Å². The highest BCUT2D eigenvalue weighted by Gasteiger charge is 2.06. The van der Waals surface area contributed by atoms with Crippen molar-refractivity contribution < 1.29 is 5.11 Å². The van der Waals surface area contributed by atoms with Gasteiger partial charge >= 0.3 is 0 Å². The van der Waals surface area contributed by atoms with Gasteiger partial charge in [-0.1, -0.05) is 0 Å². The highest BCUT2D eigenvalue weighted by molar-refractivity contribution is 6.18. The number of nitrogens with one attached hydrogen (secondary N) is 1. The molecular weight excluding hydrogens is 355 g/mol. The fourth-order valence-corrected chi connectivity index (χ4v) is 2.68. The van der Waals surface area contributed by atoms with Crippen molar-refractivity contribution in [3.8, 4) is 5.75 Å². The van der Waals surface area contributed by atoms with Crippen molar-refractivity contribution in [2.45, 2.75) is 6.92 Å². The molecule has 0 bridgehead atoms. The Balaban J connectivity index is 0.00000264. The molecule has 2 aromatic rings. The van der Waals surface area contributed by atoms with E-state index in [1.807, 2.05) is 25.1 Å². The highest BCUT2D eigenvalue weighted by atomic mass is 35.5. The minimum Gasteiger partial charge on any atom is -0.508 e. The molecule has 2 aromatic carbocycles. The maximum Gasteiger partial charge on any atom is 0.115 e. The molecule has 0 spiro atoms. The van der Waals surface area contributed by atoms with Gasteiger partial charge in [0.25, 0.3) is 0 Å². The molecule has 2 rings (SSSR count). The third-order valence-electron chi connectivity index (χ3n) is 3.43. The smallest absolute Gasteiger partial charge is 0.115 e. The average Bonchev–Trinajstić information content (AvgIpc) is 2.51. The number of aromatic hydroxyl groups is 1. The van der Waals surface area contributed by atoms with E-state index in [9.17, 15) is 5.11 Å². The third kappa shape index (κ3) is 5.69. The number of rotatable bonds is 7. The summed E-state index contributed by atoms with van der Waals surface area (Å²) < 4.78 is 0. The number of benzene rings is 2. The molecule has 23 heavy (non-hydrogen) atoms. The van der Waals surface area contributed by atoms with Crippen molar-refractivity contribution in [2.75, 3.05) is 35.1 Å². The van der Waals surface area contributed by atoms with Crippen molar-refractivity contribution in [1.82, 2.24) is 0 Å². The van der Waals surface area contributed by atoms with Crippen LogP contribution in [-0.4, -0.2) is 30.0 Å². The summed E-state index contributed by atoms with van der Waals surface area (Å²) in [5.41, 5.74) is 4.07. The predicted molar refractivity (Wildman–Crippen MR) is 103 cm³/mol. The van der Waals surface area contributed by atoms with Gasteiger partial charge in [-0.25, -0.2) is 0 Å². The number of aryl methyl sites for hydroxylation is 1. The van der Waals surface area contributed by atoms with E-state index in [2.05, 4.69) is 22.3 Å². The third-order valence-corrected chi connectivity index (χ3v) is 3.77. The Kier molecular flexibility index (Phi) is 8.38. The van der Waals surface area contributed by atoms with E-state index in [0.29, 0.717) is 11.8 Å². The minimum absolute atomic E-state index is 0. The average molecular weight is 376 g/mol. The maximum absolute atomic E-state index is 9.45. The Labute approximate surface area is 153 Å². The van der Waals surface area contributed by atoms with Crippen LogP contribution >= 0.6 is 35.6 Å². The molecule has 0 aromatic heterocycles. The summed E-state index contributed by atoms with van der Waals surface area (Å²) in [4.78, 5) is 2.16. The SMILES string of the molecule is Cc1cc(O)ccc1Nc1ccc(N(CCCl)CCCl)cc1.Cl. The van der Waals surface area contributed by atoms with Gasteiger partial charge in [0.2, 0.25) is 0 Å². The van der Waals surface area contributed by atoms with Crippen LogP contribution in [0.2, 0.25) is 0 Å². The normalized spacial score (nSPS) is 10.0. The van der Waals surface area contributed by atoms with E-state index in [0.717, 1.165) is 35.7 Å². The molecule has 126 valence electrons. The second-order valence-corrected chi connectivity index (χ2v) is 5.79. The first kappa shape index (κ1) is 19.8. The van der Waals surface area contributed by atoms with Crippen molar-refractivity contribution in [3.63, 3.8) is 0 Å². The molecule has 0 atom stereocenters. The molecule has 3 nitrogen and oxygen atoms in total. The number of anilines is 3. The molecule has 2 N–H and O–H groups in total. The standard InChI is InChI=1S/C17H20Cl2N2O.ClH/c1-13-12-16(22)6-7-17(13)20-14-2-4-15(5-3-14)21(10-8-18)11-9-19;/h2-7,12,20,22H,8-11H2,1H3;1H. The zero-order valence-electron chi connectivity index (χ0n) is 12.9. The molecule has 0 unspecified atom stereocenters. The van der Waals surface area contributed by atoms with Crippen LogP contribution in [0, 0.1) is 6.92 Å². The molecule has 0 radical (unpaired) electrons. The molecule has 6 heteroatoms. The van der Waals surface area contributed by atoms with Gasteiger partial charge in [0.1, 0.15) is 5.75 Å². The summed E-state index contributed by atoms with van der Waals surface area (Å²) in [5.74, 6) is 1.42. The summed E-state index contributed by atoms with van der Waals surface area (Å²) in [6.07, 6.45) is 0. The van der Waals surface area contributed by atoms with Crippen LogP contribution in [0.3, 0.4) is 0 Å². The Morgan fingerprint density at radius 2 is 1.61 bits per heavy atom. The van der Waals surface area contributed by atoms with E-state index in [1.165, 1.54) is 0 Å². The molecule has 0 saturated carbocycles. The van der Waals surface area contributed by atoms with Gasteiger partial charge in [-0.15, -0.1) is 35.6 Å². The second kappa shape index (κ2) is 9.76. The van der Waals surface area contributed by atoms with E-state index in [-0.39, 0.29) is 18.2 Å². The fourth-order valence-electron chi connectivity index (χ4n) is 2.27. The summed E-state index contributed by atoms with van der Waals surface area (Å²) in [5, 5.41) is 12.8. The molecule has 0 aliphatic carbocycles. The quantitative estimate of drug-likeness (QED) is 0.519.